The smallest absolute Gasteiger partial charge is 0.148 e. The van der Waals surface area contributed by atoms with E-state index in [2.05, 4.69) is 195 Å². The second-order valence-electron chi connectivity index (χ2n) is 22.0. The molecule has 4 nitrogen and oxygen atoms in total. The summed E-state index contributed by atoms with van der Waals surface area (Å²) in [5, 5.41) is 12.8. The average Bonchev–Trinajstić information content (AvgIpc) is 4.13. The molecule has 2 fully saturated rings. The van der Waals surface area contributed by atoms with E-state index in [4.69, 9.17) is 9.97 Å². The number of hydrogen-bond acceptors (Lipinski definition) is 3. The van der Waals surface area contributed by atoms with Crippen LogP contribution >= 0.6 is 0 Å². The van der Waals surface area contributed by atoms with Crippen LogP contribution in [0.2, 0.25) is 0 Å². The number of phenolic OH excluding ortho intramolecular Hbond substituents is 1. The molecule has 2 aliphatic rings. The van der Waals surface area contributed by atoms with E-state index >= 15 is 0 Å². The molecule has 0 amide bonds. The first-order valence-corrected chi connectivity index (χ1v) is 27.1. The maximum Gasteiger partial charge on any atom is 0.148 e. The van der Waals surface area contributed by atoms with Gasteiger partial charge in [-0.25, -0.2) is 4.98 Å². The number of para-hydroxylation sites is 1. The number of aromatic hydroxyl groups is 1. The molecule has 8 aromatic carbocycles. The number of rotatable bonds is 11. The summed E-state index contributed by atoms with van der Waals surface area (Å²) in [6.07, 6.45) is 14.8. The van der Waals surface area contributed by atoms with E-state index in [0.717, 1.165) is 84.5 Å². The zero-order valence-corrected chi connectivity index (χ0v) is 45.6. The molecule has 75 heavy (non-hydrogen) atoms. The molecule has 5 heteroatoms. The molecule has 0 saturated heterocycles. The van der Waals surface area contributed by atoms with Gasteiger partial charge in [0.2, 0.25) is 0 Å². The quantitative estimate of drug-likeness (QED) is 0.131. The van der Waals surface area contributed by atoms with Gasteiger partial charge in [0.25, 0.3) is 0 Å². The second kappa shape index (κ2) is 21.6. The first kappa shape index (κ1) is 50.0. The van der Waals surface area contributed by atoms with Crippen molar-refractivity contribution in [3.05, 3.63) is 217 Å². The summed E-state index contributed by atoms with van der Waals surface area (Å²) in [7, 11) is 0. The minimum atomic E-state index is -0.175. The molecule has 2 saturated carbocycles. The maximum atomic E-state index is 12.8. The average molecular weight is 1160 g/mol. The Balaban J connectivity index is 0.00000602. The Morgan fingerprint density at radius 3 is 1.85 bits per heavy atom. The summed E-state index contributed by atoms with van der Waals surface area (Å²) in [6.45, 7) is 6.82. The van der Waals surface area contributed by atoms with E-state index in [1.54, 1.807) is 0 Å². The summed E-state index contributed by atoms with van der Waals surface area (Å²) in [4.78, 5) is 10.8. The molecule has 2 aliphatic carbocycles. The predicted molar refractivity (Wildman–Crippen MR) is 308 cm³/mol. The minimum absolute atomic E-state index is 0. The van der Waals surface area contributed by atoms with Crippen LogP contribution in [0.1, 0.15) is 101 Å². The zero-order chi connectivity index (χ0) is 50.2. The van der Waals surface area contributed by atoms with Crippen LogP contribution in [0, 0.1) is 12.0 Å². The van der Waals surface area contributed by atoms with Crippen LogP contribution in [0.15, 0.2) is 194 Å². The van der Waals surface area contributed by atoms with Gasteiger partial charge in [0.05, 0.1) is 22.3 Å². The van der Waals surface area contributed by atoms with Crippen molar-refractivity contribution in [1.29, 1.82) is 0 Å². The molecule has 0 radical (unpaired) electrons. The zero-order valence-electron chi connectivity index (χ0n) is 43.3. The molecule has 12 rings (SSSR count). The van der Waals surface area contributed by atoms with Gasteiger partial charge >= 0.3 is 0 Å². The molecule has 0 atom stereocenters. The Morgan fingerprint density at radius 1 is 0.533 bits per heavy atom. The number of phenols is 1. The van der Waals surface area contributed by atoms with E-state index in [0.29, 0.717) is 23.2 Å². The Labute approximate surface area is 457 Å². The van der Waals surface area contributed by atoms with Crippen molar-refractivity contribution in [1.82, 2.24) is 14.5 Å². The fourth-order valence-electron chi connectivity index (χ4n) is 11.9. The van der Waals surface area contributed by atoms with Crippen molar-refractivity contribution >= 4 is 11.0 Å². The molecule has 0 aliphatic heterocycles. The number of aromatic nitrogens is 3. The summed E-state index contributed by atoms with van der Waals surface area (Å²) in [6, 6.07) is 71.3. The largest absolute Gasteiger partial charge is 0.507 e. The fraction of sp³-hybridized carbons (Fsp3) is 0.229. The number of benzene rings is 8. The van der Waals surface area contributed by atoms with Crippen LogP contribution < -0.4 is 0 Å². The van der Waals surface area contributed by atoms with Gasteiger partial charge in [0.15, 0.2) is 0 Å². The SMILES string of the molecule is CC(C)(C)c1cc(-c2cc(-c3ccc(C4CCCCC4)cc3)ccn2)[c-]c(-c2cccc3c2nc(-c2cc(-c4ccccc4)cc(-c4ccccc4)c2O)n3-c2ccc(CC3CCCC3)cc2-c2ccccc2)c1.[Pt]. The van der Waals surface area contributed by atoms with Gasteiger partial charge in [0, 0.05) is 44.1 Å². The van der Waals surface area contributed by atoms with Crippen molar-refractivity contribution in [2.45, 2.75) is 96.3 Å². The predicted octanol–water partition coefficient (Wildman–Crippen LogP) is 18.7. The molecule has 0 unspecified atom stereocenters. The topological polar surface area (TPSA) is 50.9 Å². The van der Waals surface area contributed by atoms with Gasteiger partial charge in [-0.1, -0.05) is 216 Å². The van der Waals surface area contributed by atoms with Crippen molar-refractivity contribution in [3.63, 3.8) is 0 Å². The Bertz CT molecular complexity index is 3600. The van der Waals surface area contributed by atoms with Gasteiger partial charge in [-0.2, -0.15) is 0 Å². The number of hydrogen-bond donors (Lipinski definition) is 1. The monoisotopic (exact) mass is 1160 g/mol. The number of fused-ring (bicyclic) bond motifs is 1. The van der Waals surface area contributed by atoms with Crippen molar-refractivity contribution in [2.75, 3.05) is 0 Å². The van der Waals surface area contributed by atoms with Gasteiger partial charge < -0.3 is 5.11 Å². The Morgan fingerprint density at radius 2 is 1.16 bits per heavy atom. The Hall–Kier alpha value is -7.13. The number of pyridine rings is 1. The molecule has 2 heterocycles. The number of nitrogens with zero attached hydrogens (tertiary/aromatic N) is 3. The molecule has 376 valence electrons. The second-order valence-corrected chi connectivity index (χ2v) is 22.0. The van der Waals surface area contributed by atoms with Gasteiger partial charge in [0.1, 0.15) is 11.6 Å². The van der Waals surface area contributed by atoms with Crippen LogP contribution in [0.3, 0.4) is 0 Å². The Kier molecular flexibility index (Phi) is 14.4. The van der Waals surface area contributed by atoms with E-state index in [-0.39, 0.29) is 32.2 Å². The van der Waals surface area contributed by atoms with E-state index in [1.807, 2.05) is 30.5 Å². The third-order valence-corrected chi connectivity index (χ3v) is 16.0. The van der Waals surface area contributed by atoms with Crippen LogP contribution in [0.4, 0.5) is 0 Å². The van der Waals surface area contributed by atoms with Gasteiger partial charge in [-0.3, -0.25) is 9.55 Å². The van der Waals surface area contributed by atoms with E-state index in [1.165, 1.54) is 80.0 Å². The van der Waals surface area contributed by atoms with Crippen LogP contribution in [-0.4, -0.2) is 19.6 Å². The van der Waals surface area contributed by atoms with Crippen LogP contribution in [-0.2, 0) is 32.9 Å². The molecule has 10 aromatic rings. The van der Waals surface area contributed by atoms with Crippen molar-refractivity contribution in [2.24, 2.45) is 5.92 Å². The van der Waals surface area contributed by atoms with Gasteiger partial charge in [-0.05, 0) is 117 Å². The molecule has 0 bridgehead atoms. The summed E-state index contributed by atoms with van der Waals surface area (Å²) in [5.74, 6) is 2.22. The van der Waals surface area contributed by atoms with Gasteiger partial charge in [-0.15, -0.1) is 29.3 Å². The molecule has 2 aromatic heterocycles. The molecular weight excluding hydrogens is 1090 g/mol. The van der Waals surface area contributed by atoms with E-state index in [9.17, 15) is 5.11 Å². The number of imidazole rings is 1. The fourth-order valence-corrected chi connectivity index (χ4v) is 11.9. The summed E-state index contributed by atoms with van der Waals surface area (Å²) in [5.41, 5.74) is 19.3. The van der Waals surface area contributed by atoms with Crippen LogP contribution in [0.5, 0.6) is 5.75 Å². The first-order valence-electron chi connectivity index (χ1n) is 27.1. The van der Waals surface area contributed by atoms with Crippen LogP contribution in [0.25, 0.3) is 95.0 Å². The standard InChI is InChI=1S/C70H64N3O.Pt/c1-70(2,3)59-42-57(41-58(43-59)64-46-55(37-38-71-64)52-34-32-51(33-35-52)49-21-8-4-9-22-49)60-29-18-30-66-67(60)72-69(63-45-56(50-23-10-5-11-24-50)44-62(68(63)74)54-27-14-7-15-28-54)73(66)65-36-31-48(39-47-19-16-17-20-47)40-61(65)53-25-12-6-13-26-53;/h5-7,10-15,18,23-38,40,42-47,49,74H,4,8-9,16-17,19-22,39H2,1-3H3;/q-1;. The van der Waals surface area contributed by atoms with E-state index < -0.39 is 0 Å². The first-order chi connectivity index (χ1) is 36.2. The van der Waals surface area contributed by atoms with Crippen molar-refractivity contribution in [3.8, 4) is 89.7 Å². The van der Waals surface area contributed by atoms with Crippen molar-refractivity contribution < 1.29 is 26.2 Å². The summed E-state index contributed by atoms with van der Waals surface area (Å²) < 4.78 is 2.30. The molecule has 1 N–H and O–H groups in total. The summed E-state index contributed by atoms with van der Waals surface area (Å²) >= 11 is 0. The third kappa shape index (κ3) is 10.4. The maximum absolute atomic E-state index is 12.8. The minimum Gasteiger partial charge on any atom is -0.507 e. The normalized spacial score (nSPS) is 14.3. The third-order valence-electron chi connectivity index (χ3n) is 16.0. The molecule has 0 spiro atoms. The molecular formula is C70H64N3OPt-.